The van der Waals surface area contributed by atoms with Crippen LogP contribution in [-0.4, -0.2) is 112 Å². The molecule has 4 N–H and O–H groups in total. The SMILES string of the molecule is CC(C)(C)OC(=O)CCNC(=O)[C@H](NC(=O)OC(C)(C)C)C(=O)NCCOCCOCCOCCOc1cccc(C(=O)O)c1. The Bertz CT molecular complexity index is 1100. The van der Waals surface area contributed by atoms with Gasteiger partial charge in [0.25, 0.3) is 11.8 Å². The summed E-state index contributed by atoms with van der Waals surface area (Å²) in [6.07, 6.45) is -1.08. The number of carbonyl (C=O) groups excluding carboxylic acids is 4. The van der Waals surface area contributed by atoms with Crippen molar-refractivity contribution in [3.05, 3.63) is 29.8 Å². The fourth-order valence-corrected chi connectivity index (χ4v) is 3.29. The molecule has 0 bridgehead atoms. The van der Waals surface area contributed by atoms with E-state index < -0.39 is 47.1 Å². The number of rotatable bonds is 20. The summed E-state index contributed by atoms with van der Waals surface area (Å²) in [6.45, 7) is 11.8. The number of nitrogens with one attached hydrogen (secondary N) is 3. The Morgan fingerprint density at radius 2 is 1.27 bits per heavy atom. The monoisotopic (exact) mass is 641 g/mol. The topological polar surface area (TPSA) is 197 Å². The van der Waals surface area contributed by atoms with Crippen LogP contribution in [-0.2, 0) is 38.1 Å². The number of ether oxygens (including phenoxy) is 6. The van der Waals surface area contributed by atoms with E-state index in [9.17, 15) is 24.0 Å². The highest BCUT2D eigenvalue weighted by molar-refractivity contribution is 6.06. The van der Waals surface area contributed by atoms with E-state index in [1.807, 2.05) is 0 Å². The van der Waals surface area contributed by atoms with E-state index in [4.69, 9.17) is 33.5 Å². The summed E-state index contributed by atoms with van der Waals surface area (Å²) in [5.74, 6) is -2.72. The molecule has 0 aliphatic rings. The van der Waals surface area contributed by atoms with Crippen molar-refractivity contribution < 1.29 is 57.5 Å². The van der Waals surface area contributed by atoms with E-state index in [-0.39, 0.29) is 51.5 Å². The van der Waals surface area contributed by atoms with E-state index in [1.165, 1.54) is 12.1 Å². The van der Waals surface area contributed by atoms with Gasteiger partial charge in [0, 0.05) is 13.1 Å². The van der Waals surface area contributed by atoms with Crippen LogP contribution in [0.2, 0.25) is 0 Å². The molecule has 15 heteroatoms. The second-order valence-electron chi connectivity index (χ2n) is 11.5. The fraction of sp³-hybridized carbons (Fsp3) is 0.633. The number of carboxylic acids is 1. The third-order valence-electron chi connectivity index (χ3n) is 5.10. The first kappa shape index (κ1) is 39.1. The van der Waals surface area contributed by atoms with Crippen LogP contribution in [0.25, 0.3) is 0 Å². The van der Waals surface area contributed by atoms with E-state index in [2.05, 4.69) is 16.0 Å². The van der Waals surface area contributed by atoms with Crippen LogP contribution in [0.1, 0.15) is 58.3 Å². The van der Waals surface area contributed by atoms with Crippen molar-refractivity contribution in [2.75, 3.05) is 59.3 Å². The molecule has 254 valence electrons. The molecule has 15 nitrogen and oxygen atoms in total. The minimum atomic E-state index is -1.61. The molecule has 0 heterocycles. The first-order valence-corrected chi connectivity index (χ1v) is 14.5. The van der Waals surface area contributed by atoms with Gasteiger partial charge in [0.15, 0.2) is 6.04 Å². The highest BCUT2D eigenvalue weighted by Crippen LogP contribution is 2.13. The van der Waals surface area contributed by atoms with Crippen molar-refractivity contribution in [3.63, 3.8) is 0 Å². The van der Waals surface area contributed by atoms with Crippen LogP contribution < -0.4 is 20.7 Å². The maximum Gasteiger partial charge on any atom is 0.408 e. The molecule has 45 heavy (non-hydrogen) atoms. The van der Waals surface area contributed by atoms with Crippen LogP contribution in [0.4, 0.5) is 4.79 Å². The molecule has 1 aromatic rings. The van der Waals surface area contributed by atoms with Gasteiger partial charge < -0.3 is 49.5 Å². The highest BCUT2D eigenvalue weighted by atomic mass is 16.6. The maximum atomic E-state index is 12.7. The molecule has 1 rings (SSSR count). The predicted molar refractivity (Wildman–Crippen MR) is 161 cm³/mol. The number of carboxylic acid groups (broad SMARTS) is 1. The van der Waals surface area contributed by atoms with E-state index in [0.29, 0.717) is 25.6 Å². The lowest BCUT2D eigenvalue weighted by Gasteiger charge is -2.23. The van der Waals surface area contributed by atoms with Crippen molar-refractivity contribution in [3.8, 4) is 5.75 Å². The fourth-order valence-electron chi connectivity index (χ4n) is 3.29. The summed E-state index contributed by atoms with van der Waals surface area (Å²) < 4.78 is 32.0. The van der Waals surface area contributed by atoms with Gasteiger partial charge in [-0.3, -0.25) is 14.4 Å². The third kappa shape index (κ3) is 19.8. The van der Waals surface area contributed by atoms with Gasteiger partial charge in [-0.2, -0.15) is 0 Å². The molecular formula is C30H47N3O12. The third-order valence-corrected chi connectivity index (χ3v) is 5.10. The lowest BCUT2D eigenvalue weighted by atomic mass is 10.2. The Labute approximate surface area is 263 Å². The minimum absolute atomic E-state index is 0.0506. The van der Waals surface area contributed by atoms with Gasteiger partial charge in [-0.15, -0.1) is 0 Å². The van der Waals surface area contributed by atoms with Gasteiger partial charge in [0.1, 0.15) is 23.6 Å². The Kier molecular flexibility index (Phi) is 17.5. The lowest BCUT2D eigenvalue weighted by Crippen LogP contribution is -2.56. The molecule has 0 saturated carbocycles. The maximum absolute atomic E-state index is 12.7. The predicted octanol–water partition coefficient (Wildman–Crippen LogP) is 1.67. The lowest BCUT2D eigenvalue weighted by molar-refractivity contribution is -0.154. The van der Waals surface area contributed by atoms with Gasteiger partial charge in [-0.05, 0) is 59.7 Å². The molecule has 0 unspecified atom stereocenters. The molecule has 0 spiro atoms. The van der Waals surface area contributed by atoms with Crippen molar-refractivity contribution in [1.29, 1.82) is 0 Å². The number of benzene rings is 1. The molecule has 1 atom stereocenters. The van der Waals surface area contributed by atoms with E-state index in [1.54, 1.807) is 53.7 Å². The Hall–Kier alpha value is -3.95. The zero-order valence-corrected chi connectivity index (χ0v) is 26.9. The zero-order chi connectivity index (χ0) is 33.9. The van der Waals surface area contributed by atoms with Gasteiger partial charge in [0.2, 0.25) is 0 Å². The number of aromatic carboxylic acids is 1. The van der Waals surface area contributed by atoms with Crippen molar-refractivity contribution in [2.45, 2.75) is 65.2 Å². The zero-order valence-electron chi connectivity index (χ0n) is 26.9. The van der Waals surface area contributed by atoms with Crippen LogP contribution in [0.15, 0.2) is 24.3 Å². The normalized spacial score (nSPS) is 12.0. The smallest absolute Gasteiger partial charge is 0.408 e. The van der Waals surface area contributed by atoms with Crippen molar-refractivity contribution >= 4 is 29.8 Å². The number of esters is 1. The molecule has 0 fully saturated rings. The number of hydrogen-bond acceptors (Lipinski definition) is 11. The quantitative estimate of drug-likeness (QED) is 0.0914. The van der Waals surface area contributed by atoms with Crippen LogP contribution in [0, 0.1) is 0 Å². The molecule has 3 amide bonds. The Morgan fingerprint density at radius 1 is 0.733 bits per heavy atom. The highest BCUT2D eigenvalue weighted by Gasteiger charge is 2.30. The number of carbonyl (C=O) groups is 5. The standard InChI is InChI=1S/C30H47N3O12/c1-29(2,3)44-23(34)10-11-31-25(35)24(33-28(39)45-30(4,5)6)26(36)32-12-13-40-14-15-41-16-17-42-18-19-43-22-9-7-8-21(20-22)27(37)38/h7-9,20,24H,10-19H2,1-6H3,(H,31,35)(H,32,36)(H,33,39)(H,37,38)/t24-/m0/s1. The van der Waals surface area contributed by atoms with Crippen molar-refractivity contribution in [1.82, 2.24) is 16.0 Å². The molecule has 0 aliphatic carbocycles. The summed E-state index contributed by atoms with van der Waals surface area (Å²) in [5.41, 5.74) is -1.39. The molecule has 0 aromatic heterocycles. The molecule has 0 saturated heterocycles. The van der Waals surface area contributed by atoms with Crippen molar-refractivity contribution in [2.24, 2.45) is 0 Å². The number of alkyl carbamates (subject to hydrolysis) is 1. The summed E-state index contributed by atoms with van der Waals surface area (Å²) in [5, 5.41) is 16.2. The number of hydrogen-bond donors (Lipinski definition) is 4. The Morgan fingerprint density at radius 3 is 1.82 bits per heavy atom. The first-order chi connectivity index (χ1) is 21.1. The Balaban J connectivity index is 2.28. The molecular weight excluding hydrogens is 594 g/mol. The van der Waals surface area contributed by atoms with Crippen LogP contribution in [0.3, 0.4) is 0 Å². The van der Waals surface area contributed by atoms with E-state index in [0.717, 1.165) is 0 Å². The summed E-state index contributed by atoms with van der Waals surface area (Å²) in [6, 6.07) is 4.56. The van der Waals surface area contributed by atoms with Gasteiger partial charge in [0.05, 0.1) is 51.6 Å². The summed E-state index contributed by atoms with van der Waals surface area (Å²) >= 11 is 0. The second-order valence-corrected chi connectivity index (χ2v) is 11.5. The largest absolute Gasteiger partial charge is 0.491 e. The van der Waals surface area contributed by atoms with Crippen LogP contribution in [0.5, 0.6) is 5.75 Å². The molecule has 0 aliphatic heterocycles. The average molecular weight is 642 g/mol. The first-order valence-electron chi connectivity index (χ1n) is 14.5. The summed E-state index contributed by atoms with van der Waals surface area (Å²) in [4.78, 5) is 60.5. The summed E-state index contributed by atoms with van der Waals surface area (Å²) in [7, 11) is 0. The number of amides is 3. The van der Waals surface area contributed by atoms with Gasteiger partial charge in [-0.25, -0.2) is 9.59 Å². The average Bonchev–Trinajstić information content (AvgIpc) is 2.92. The van der Waals surface area contributed by atoms with Crippen LogP contribution >= 0.6 is 0 Å². The van der Waals surface area contributed by atoms with E-state index >= 15 is 0 Å². The molecule has 0 radical (unpaired) electrons. The van der Waals surface area contributed by atoms with Gasteiger partial charge in [-0.1, -0.05) is 6.07 Å². The minimum Gasteiger partial charge on any atom is -0.491 e. The molecule has 1 aromatic carbocycles. The second kappa shape index (κ2) is 20.2. The van der Waals surface area contributed by atoms with Gasteiger partial charge >= 0.3 is 18.0 Å².